The smallest absolute Gasteiger partial charge is 0.251 e. The van der Waals surface area contributed by atoms with E-state index in [1.807, 2.05) is 13.0 Å². The maximum atomic E-state index is 12.7. The van der Waals surface area contributed by atoms with Gasteiger partial charge in [0.05, 0.1) is 0 Å². The highest BCUT2D eigenvalue weighted by atomic mass is 16.2. The molecule has 2 rings (SSSR count). The summed E-state index contributed by atoms with van der Waals surface area (Å²) in [4.78, 5) is 40.8. The molecule has 1 aliphatic rings. The van der Waals surface area contributed by atoms with Gasteiger partial charge in [0, 0.05) is 37.7 Å². The maximum absolute atomic E-state index is 12.7. The Bertz CT molecular complexity index is 643. The molecule has 136 valence electrons. The molecule has 1 heterocycles. The molecule has 1 atom stereocenters. The van der Waals surface area contributed by atoms with Crippen LogP contribution in [0.2, 0.25) is 0 Å². The largest absolute Gasteiger partial charge is 0.349 e. The van der Waals surface area contributed by atoms with Crippen molar-refractivity contribution in [1.29, 1.82) is 0 Å². The van der Waals surface area contributed by atoms with Crippen LogP contribution in [-0.2, 0) is 9.59 Å². The van der Waals surface area contributed by atoms with Gasteiger partial charge in [-0.15, -0.1) is 0 Å². The van der Waals surface area contributed by atoms with E-state index in [1.165, 1.54) is 0 Å². The zero-order valence-corrected chi connectivity index (χ0v) is 15.4. The maximum Gasteiger partial charge on any atom is 0.251 e. The standard InChI is InChI=1S/C19H27N3O3/c1-5-21-11-12-22(19(3,4)18(21)25)16(23)13-14(2)20-17(24)15-9-7-6-8-10-15/h6-10,14H,5,11-13H2,1-4H3,(H,20,24). The van der Waals surface area contributed by atoms with Crippen molar-refractivity contribution >= 4 is 17.7 Å². The average Bonchev–Trinajstić information content (AvgIpc) is 2.57. The monoisotopic (exact) mass is 345 g/mol. The van der Waals surface area contributed by atoms with Gasteiger partial charge in [0.15, 0.2) is 0 Å². The Labute approximate surface area is 149 Å². The average molecular weight is 345 g/mol. The first kappa shape index (κ1) is 19.0. The topological polar surface area (TPSA) is 69.7 Å². The number of benzene rings is 1. The lowest BCUT2D eigenvalue weighted by molar-refractivity contribution is -0.158. The third kappa shape index (κ3) is 4.18. The van der Waals surface area contributed by atoms with Crippen molar-refractivity contribution in [1.82, 2.24) is 15.1 Å². The van der Waals surface area contributed by atoms with E-state index in [4.69, 9.17) is 0 Å². The van der Waals surface area contributed by atoms with Crippen molar-refractivity contribution in [2.45, 2.75) is 45.7 Å². The predicted octanol–water partition coefficient (Wildman–Crippen LogP) is 1.66. The fourth-order valence-corrected chi connectivity index (χ4v) is 3.16. The molecule has 0 radical (unpaired) electrons. The van der Waals surface area contributed by atoms with Crippen LogP contribution in [0.4, 0.5) is 0 Å². The van der Waals surface area contributed by atoms with Crippen molar-refractivity contribution in [2.24, 2.45) is 0 Å². The van der Waals surface area contributed by atoms with Crippen molar-refractivity contribution in [3.8, 4) is 0 Å². The van der Waals surface area contributed by atoms with Crippen molar-refractivity contribution in [2.75, 3.05) is 19.6 Å². The molecular formula is C19H27N3O3. The molecule has 3 amide bonds. The number of likely N-dealkylation sites (N-methyl/N-ethyl adjacent to an activating group) is 1. The van der Waals surface area contributed by atoms with Crippen LogP contribution in [0.5, 0.6) is 0 Å². The lowest BCUT2D eigenvalue weighted by Crippen LogP contribution is -2.64. The fraction of sp³-hybridized carbons (Fsp3) is 0.526. The molecule has 0 aromatic heterocycles. The number of nitrogens with one attached hydrogen (secondary N) is 1. The molecule has 1 aromatic carbocycles. The number of carbonyl (C=O) groups is 3. The van der Waals surface area contributed by atoms with Crippen LogP contribution in [0.15, 0.2) is 30.3 Å². The molecule has 6 heteroatoms. The molecule has 1 saturated heterocycles. The van der Waals surface area contributed by atoms with E-state index in [1.54, 1.807) is 54.8 Å². The molecule has 25 heavy (non-hydrogen) atoms. The Balaban J connectivity index is 1.97. The zero-order valence-electron chi connectivity index (χ0n) is 15.4. The van der Waals surface area contributed by atoms with Gasteiger partial charge in [-0.1, -0.05) is 18.2 Å². The normalized spacial score (nSPS) is 18.0. The summed E-state index contributed by atoms with van der Waals surface area (Å²) >= 11 is 0. The first-order chi connectivity index (χ1) is 11.8. The van der Waals surface area contributed by atoms with Gasteiger partial charge >= 0.3 is 0 Å². The van der Waals surface area contributed by atoms with E-state index in [-0.39, 0.29) is 30.2 Å². The Kier molecular flexibility index (Phi) is 5.82. The first-order valence-corrected chi connectivity index (χ1v) is 8.73. The van der Waals surface area contributed by atoms with Crippen molar-refractivity contribution in [3.05, 3.63) is 35.9 Å². The van der Waals surface area contributed by atoms with Gasteiger partial charge in [0.25, 0.3) is 5.91 Å². The number of rotatable bonds is 5. The molecule has 1 fully saturated rings. The van der Waals surface area contributed by atoms with Crippen molar-refractivity contribution < 1.29 is 14.4 Å². The van der Waals surface area contributed by atoms with Gasteiger partial charge in [0.2, 0.25) is 11.8 Å². The van der Waals surface area contributed by atoms with Gasteiger partial charge in [-0.2, -0.15) is 0 Å². The first-order valence-electron chi connectivity index (χ1n) is 8.73. The second-order valence-electron chi connectivity index (χ2n) is 6.93. The minimum Gasteiger partial charge on any atom is -0.349 e. The SMILES string of the molecule is CCN1CCN(C(=O)CC(C)NC(=O)c2ccccc2)C(C)(C)C1=O. The Morgan fingerprint density at radius 1 is 1.20 bits per heavy atom. The molecule has 0 bridgehead atoms. The third-order valence-corrected chi connectivity index (χ3v) is 4.66. The summed E-state index contributed by atoms with van der Waals surface area (Å²) in [6.45, 7) is 9.01. The Hall–Kier alpha value is -2.37. The van der Waals surface area contributed by atoms with Gasteiger partial charge in [-0.05, 0) is 39.8 Å². The predicted molar refractivity (Wildman–Crippen MR) is 96.0 cm³/mol. The lowest BCUT2D eigenvalue weighted by Gasteiger charge is -2.46. The van der Waals surface area contributed by atoms with Gasteiger partial charge < -0.3 is 15.1 Å². The van der Waals surface area contributed by atoms with E-state index >= 15 is 0 Å². The molecule has 1 unspecified atom stereocenters. The van der Waals surface area contributed by atoms with Crippen LogP contribution in [-0.4, -0.2) is 58.7 Å². The summed E-state index contributed by atoms with van der Waals surface area (Å²) in [6.07, 6.45) is 0.168. The molecule has 1 aliphatic heterocycles. The fourth-order valence-electron chi connectivity index (χ4n) is 3.16. The second kappa shape index (κ2) is 7.68. The van der Waals surface area contributed by atoms with E-state index in [0.717, 1.165) is 0 Å². The highest BCUT2D eigenvalue weighted by Gasteiger charge is 2.43. The highest BCUT2D eigenvalue weighted by Crippen LogP contribution is 2.23. The molecule has 0 aliphatic carbocycles. The number of amides is 3. The van der Waals surface area contributed by atoms with E-state index < -0.39 is 5.54 Å². The lowest BCUT2D eigenvalue weighted by atomic mass is 9.96. The molecule has 1 aromatic rings. The summed E-state index contributed by atoms with van der Waals surface area (Å²) < 4.78 is 0. The Morgan fingerprint density at radius 3 is 2.44 bits per heavy atom. The molecule has 0 spiro atoms. The van der Waals surface area contributed by atoms with Gasteiger partial charge in [-0.3, -0.25) is 14.4 Å². The van der Waals surface area contributed by atoms with E-state index in [2.05, 4.69) is 5.32 Å². The van der Waals surface area contributed by atoms with Crippen LogP contribution in [0, 0.1) is 0 Å². The summed E-state index contributed by atoms with van der Waals surface area (Å²) in [5.74, 6) is -0.349. The molecule has 1 N–H and O–H groups in total. The van der Waals surface area contributed by atoms with Gasteiger partial charge in [0.1, 0.15) is 5.54 Å². The summed E-state index contributed by atoms with van der Waals surface area (Å²) in [6, 6.07) is 8.60. The molecule has 0 saturated carbocycles. The second-order valence-corrected chi connectivity index (χ2v) is 6.93. The number of hydrogen-bond donors (Lipinski definition) is 1. The van der Waals surface area contributed by atoms with Crippen LogP contribution in [0.25, 0.3) is 0 Å². The van der Waals surface area contributed by atoms with Gasteiger partial charge in [-0.25, -0.2) is 0 Å². The quantitative estimate of drug-likeness (QED) is 0.882. The number of carbonyl (C=O) groups excluding carboxylic acids is 3. The number of nitrogens with zero attached hydrogens (tertiary/aromatic N) is 2. The van der Waals surface area contributed by atoms with Crippen molar-refractivity contribution in [3.63, 3.8) is 0 Å². The van der Waals surface area contributed by atoms with Crippen LogP contribution in [0.3, 0.4) is 0 Å². The van der Waals surface area contributed by atoms with Crippen LogP contribution < -0.4 is 5.32 Å². The van der Waals surface area contributed by atoms with E-state index in [9.17, 15) is 14.4 Å². The van der Waals surface area contributed by atoms with Crippen LogP contribution in [0.1, 0.15) is 44.5 Å². The zero-order chi connectivity index (χ0) is 18.6. The summed E-state index contributed by atoms with van der Waals surface area (Å²) in [5.41, 5.74) is -0.289. The Morgan fingerprint density at radius 2 is 1.84 bits per heavy atom. The van der Waals surface area contributed by atoms with Crippen LogP contribution >= 0.6 is 0 Å². The third-order valence-electron chi connectivity index (χ3n) is 4.66. The summed E-state index contributed by atoms with van der Waals surface area (Å²) in [5, 5.41) is 2.84. The highest BCUT2D eigenvalue weighted by molar-refractivity contribution is 5.95. The summed E-state index contributed by atoms with van der Waals surface area (Å²) in [7, 11) is 0. The minimum absolute atomic E-state index is 0.0319. The number of hydrogen-bond acceptors (Lipinski definition) is 3. The minimum atomic E-state index is -0.853. The molecular weight excluding hydrogens is 318 g/mol. The number of piperazine rings is 1. The van der Waals surface area contributed by atoms with E-state index in [0.29, 0.717) is 25.2 Å². The molecule has 6 nitrogen and oxygen atoms in total.